The van der Waals surface area contributed by atoms with Crippen molar-refractivity contribution in [3.8, 4) is 5.69 Å². The molecule has 0 unspecified atom stereocenters. The summed E-state index contributed by atoms with van der Waals surface area (Å²) in [6.07, 6.45) is 7.64. The smallest absolute Gasteiger partial charge is 0.0537 e. The minimum atomic E-state index is 0.937. The van der Waals surface area contributed by atoms with E-state index in [0.717, 1.165) is 6.42 Å². The van der Waals surface area contributed by atoms with Gasteiger partial charge in [-0.05, 0) is 54.0 Å². The second kappa shape index (κ2) is 6.44. The van der Waals surface area contributed by atoms with E-state index in [0.29, 0.717) is 0 Å². The van der Waals surface area contributed by atoms with Crippen molar-refractivity contribution in [2.45, 2.75) is 13.3 Å². The first-order valence-electron chi connectivity index (χ1n) is 9.43. The van der Waals surface area contributed by atoms with E-state index < -0.39 is 0 Å². The highest BCUT2D eigenvalue weighted by Crippen LogP contribution is 2.36. The number of rotatable bonds is 2. The summed E-state index contributed by atoms with van der Waals surface area (Å²) in [5.74, 6) is 0. The van der Waals surface area contributed by atoms with Crippen LogP contribution in [0.15, 0.2) is 91.0 Å². The molecule has 0 fully saturated rings. The van der Waals surface area contributed by atoms with Crippen LogP contribution in [0.5, 0.6) is 0 Å². The molecule has 0 N–H and O–H groups in total. The third kappa shape index (κ3) is 2.72. The van der Waals surface area contributed by atoms with E-state index in [1.807, 2.05) is 0 Å². The van der Waals surface area contributed by atoms with Gasteiger partial charge in [0.25, 0.3) is 0 Å². The maximum Gasteiger partial charge on any atom is 0.0537 e. The predicted octanol–water partition coefficient (Wildman–Crippen LogP) is 6.59. The van der Waals surface area contributed by atoms with Gasteiger partial charge in [0.05, 0.1) is 11.2 Å². The second-order valence-electron chi connectivity index (χ2n) is 7.15. The molecule has 1 aliphatic carbocycles. The van der Waals surface area contributed by atoms with Crippen LogP contribution in [0, 0.1) is 6.92 Å². The van der Waals surface area contributed by atoms with E-state index in [1.54, 1.807) is 0 Å². The Hall–Kier alpha value is -3.32. The minimum absolute atomic E-state index is 0.937. The summed E-state index contributed by atoms with van der Waals surface area (Å²) in [7, 11) is 0. The van der Waals surface area contributed by atoms with Gasteiger partial charge in [-0.2, -0.15) is 0 Å². The molecule has 0 saturated heterocycles. The molecule has 1 aliphatic rings. The van der Waals surface area contributed by atoms with Gasteiger partial charge < -0.3 is 4.57 Å². The molecule has 0 bridgehead atoms. The van der Waals surface area contributed by atoms with Gasteiger partial charge in [0, 0.05) is 17.5 Å². The molecule has 1 aromatic heterocycles. The lowest BCUT2D eigenvalue weighted by molar-refractivity contribution is 1.09. The Labute approximate surface area is 159 Å². The number of nitrogens with zero attached hydrogens (tertiary/aromatic N) is 1. The van der Waals surface area contributed by atoms with Gasteiger partial charge in [-0.15, -0.1) is 0 Å². The van der Waals surface area contributed by atoms with Crippen molar-refractivity contribution in [2.75, 3.05) is 0 Å². The van der Waals surface area contributed by atoms with Gasteiger partial charge in [-0.25, -0.2) is 0 Å². The molecule has 0 saturated carbocycles. The molecular formula is C26H21N. The topological polar surface area (TPSA) is 4.93 Å². The van der Waals surface area contributed by atoms with Crippen LogP contribution in [0.1, 0.15) is 22.4 Å². The summed E-state index contributed by atoms with van der Waals surface area (Å²) in [4.78, 5) is 0. The Kier molecular flexibility index (Phi) is 3.79. The standard InChI is InChI=1S/C26H21N/c1-19-15-16-26-23(17-19)24-18-21(20-9-4-2-5-10-20)11-8-14-25(24)27(26)22-12-6-3-7-13-22/h2-17H,18H2,1H3. The Morgan fingerprint density at radius 2 is 1.56 bits per heavy atom. The van der Waals surface area contributed by atoms with E-state index in [2.05, 4.69) is 109 Å². The molecule has 0 aliphatic heterocycles. The molecule has 5 rings (SSSR count). The monoisotopic (exact) mass is 347 g/mol. The maximum absolute atomic E-state index is 2.39. The number of para-hydroxylation sites is 1. The zero-order chi connectivity index (χ0) is 18.2. The largest absolute Gasteiger partial charge is 0.310 e. The molecule has 0 amide bonds. The Morgan fingerprint density at radius 1 is 0.815 bits per heavy atom. The van der Waals surface area contributed by atoms with Crippen LogP contribution in [0.3, 0.4) is 0 Å². The summed E-state index contributed by atoms with van der Waals surface area (Å²) < 4.78 is 2.39. The number of allylic oxidation sites excluding steroid dienone is 3. The number of hydrogen-bond donors (Lipinski definition) is 0. The van der Waals surface area contributed by atoms with E-state index in [1.165, 1.54) is 44.5 Å². The predicted molar refractivity (Wildman–Crippen MR) is 115 cm³/mol. The van der Waals surface area contributed by atoms with Crippen molar-refractivity contribution in [3.63, 3.8) is 0 Å². The molecule has 0 atom stereocenters. The third-order valence-corrected chi connectivity index (χ3v) is 5.35. The van der Waals surface area contributed by atoms with Crippen molar-refractivity contribution in [1.29, 1.82) is 0 Å². The molecule has 27 heavy (non-hydrogen) atoms. The van der Waals surface area contributed by atoms with Crippen molar-refractivity contribution in [1.82, 2.24) is 4.57 Å². The van der Waals surface area contributed by atoms with E-state index in [9.17, 15) is 0 Å². The first kappa shape index (κ1) is 15.9. The highest BCUT2D eigenvalue weighted by Gasteiger charge is 2.19. The van der Waals surface area contributed by atoms with Crippen LogP contribution < -0.4 is 0 Å². The second-order valence-corrected chi connectivity index (χ2v) is 7.15. The molecule has 1 heteroatoms. The molecule has 0 radical (unpaired) electrons. The van der Waals surface area contributed by atoms with Crippen molar-refractivity contribution >= 4 is 22.6 Å². The highest BCUT2D eigenvalue weighted by atomic mass is 15.0. The van der Waals surface area contributed by atoms with Gasteiger partial charge in [0.15, 0.2) is 0 Å². The van der Waals surface area contributed by atoms with Crippen molar-refractivity contribution in [3.05, 3.63) is 113 Å². The van der Waals surface area contributed by atoms with E-state index in [4.69, 9.17) is 0 Å². The Bertz CT molecular complexity index is 1180. The third-order valence-electron chi connectivity index (χ3n) is 5.35. The van der Waals surface area contributed by atoms with Gasteiger partial charge in [0.2, 0.25) is 0 Å². The zero-order valence-electron chi connectivity index (χ0n) is 15.4. The lowest BCUT2D eigenvalue weighted by Gasteiger charge is -2.09. The van der Waals surface area contributed by atoms with Crippen LogP contribution in [-0.4, -0.2) is 4.57 Å². The minimum Gasteiger partial charge on any atom is -0.310 e. The summed E-state index contributed by atoms with van der Waals surface area (Å²) in [6.45, 7) is 2.17. The van der Waals surface area contributed by atoms with Crippen LogP contribution in [0.25, 0.3) is 28.2 Å². The molecule has 4 aromatic rings. The van der Waals surface area contributed by atoms with E-state index in [-0.39, 0.29) is 0 Å². The lowest BCUT2D eigenvalue weighted by Crippen LogP contribution is -1.97. The average molecular weight is 347 g/mol. The van der Waals surface area contributed by atoms with Crippen molar-refractivity contribution in [2.24, 2.45) is 0 Å². The summed E-state index contributed by atoms with van der Waals surface area (Å²) in [5.41, 5.74) is 9.12. The summed E-state index contributed by atoms with van der Waals surface area (Å²) in [6, 6.07) is 28.2. The normalized spacial score (nSPS) is 13.3. The highest BCUT2D eigenvalue weighted by molar-refractivity contribution is 5.93. The fraction of sp³-hybridized carbons (Fsp3) is 0.0769. The fourth-order valence-corrected chi connectivity index (χ4v) is 4.06. The van der Waals surface area contributed by atoms with Gasteiger partial charge in [-0.3, -0.25) is 0 Å². The number of benzene rings is 3. The van der Waals surface area contributed by atoms with Crippen LogP contribution in [0.4, 0.5) is 0 Å². The summed E-state index contributed by atoms with van der Waals surface area (Å²) in [5, 5.41) is 1.35. The van der Waals surface area contributed by atoms with Crippen LogP contribution in [0.2, 0.25) is 0 Å². The van der Waals surface area contributed by atoms with Gasteiger partial charge in [0.1, 0.15) is 0 Å². The number of fused-ring (bicyclic) bond motifs is 3. The lowest BCUT2D eigenvalue weighted by atomic mass is 9.97. The Morgan fingerprint density at radius 3 is 2.33 bits per heavy atom. The van der Waals surface area contributed by atoms with Crippen LogP contribution in [-0.2, 0) is 6.42 Å². The first-order valence-corrected chi connectivity index (χ1v) is 9.43. The molecule has 1 nitrogen and oxygen atoms in total. The average Bonchev–Trinajstić information content (AvgIpc) is 2.86. The van der Waals surface area contributed by atoms with Crippen molar-refractivity contribution < 1.29 is 0 Å². The zero-order valence-corrected chi connectivity index (χ0v) is 15.4. The molecule has 3 aromatic carbocycles. The molecular weight excluding hydrogens is 326 g/mol. The fourth-order valence-electron chi connectivity index (χ4n) is 4.06. The van der Waals surface area contributed by atoms with E-state index >= 15 is 0 Å². The molecule has 1 heterocycles. The number of hydrogen-bond acceptors (Lipinski definition) is 0. The van der Waals surface area contributed by atoms with Crippen LogP contribution >= 0.6 is 0 Å². The first-order chi connectivity index (χ1) is 13.3. The SMILES string of the molecule is Cc1ccc2c(c1)c1c(n2-c2ccccc2)C=CC=C(c2ccccc2)C1. The molecule has 0 spiro atoms. The number of aryl methyl sites for hydroxylation is 1. The number of aromatic nitrogens is 1. The molecule has 130 valence electrons. The maximum atomic E-state index is 2.39. The quantitative estimate of drug-likeness (QED) is 0.385. The Balaban J connectivity index is 1.76. The van der Waals surface area contributed by atoms with Gasteiger partial charge >= 0.3 is 0 Å². The van der Waals surface area contributed by atoms with Gasteiger partial charge in [-0.1, -0.05) is 72.3 Å². The summed E-state index contributed by atoms with van der Waals surface area (Å²) >= 11 is 0.